The number of rotatable bonds is 7. The Bertz CT molecular complexity index is 1450. The first-order valence-electron chi connectivity index (χ1n) is 10.7. The van der Waals surface area contributed by atoms with Gasteiger partial charge in [-0.3, -0.25) is 0 Å². The molecule has 0 saturated heterocycles. The number of hydrogen-bond acceptors (Lipinski definition) is 8. The van der Waals surface area contributed by atoms with Crippen molar-refractivity contribution in [1.29, 1.82) is 0 Å². The lowest BCUT2D eigenvalue weighted by molar-refractivity contribution is 0.0519. The maximum absolute atomic E-state index is 12.4. The summed E-state index contributed by atoms with van der Waals surface area (Å²) >= 11 is 0. The fourth-order valence-corrected chi connectivity index (χ4v) is 4.17. The van der Waals surface area contributed by atoms with Gasteiger partial charge in [-0.15, -0.1) is 0 Å². The zero-order valence-electron chi connectivity index (χ0n) is 19.2. The van der Waals surface area contributed by atoms with Crippen molar-refractivity contribution < 1.29 is 22.5 Å². The lowest BCUT2D eigenvalue weighted by atomic mass is 10.0. The summed E-state index contributed by atoms with van der Waals surface area (Å²) < 4.78 is 36.0. The van der Waals surface area contributed by atoms with Crippen molar-refractivity contribution in [3.63, 3.8) is 0 Å². The molecule has 2 aromatic heterocycles. The van der Waals surface area contributed by atoms with Gasteiger partial charge in [-0.05, 0) is 42.7 Å². The maximum atomic E-state index is 12.4. The molecule has 10 heteroatoms. The second kappa shape index (κ2) is 9.22. The highest BCUT2D eigenvalue weighted by Gasteiger charge is 2.23. The van der Waals surface area contributed by atoms with Gasteiger partial charge in [0.1, 0.15) is 5.69 Å². The van der Waals surface area contributed by atoms with Crippen molar-refractivity contribution in [3.05, 3.63) is 65.9 Å². The van der Waals surface area contributed by atoms with Gasteiger partial charge in [-0.1, -0.05) is 43.3 Å². The van der Waals surface area contributed by atoms with E-state index in [1.807, 2.05) is 24.3 Å². The molecule has 0 atom stereocenters. The van der Waals surface area contributed by atoms with Crippen molar-refractivity contribution in [3.8, 4) is 28.7 Å². The van der Waals surface area contributed by atoms with Gasteiger partial charge >= 0.3 is 5.97 Å². The Morgan fingerprint density at radius 2 is 1.88 bits per heavy atom. The number of carbonyl (C=O) groups is 1. The SMILES string of the molecule is CCOC(=O)c1cc(-c2noc(-c3cccc(S(C)(=O)=O)c3)n2)n(-c2ccccc2C(C)C)n1. The molecule has 9 nitrogen and oxygen atoms in total. The first kappa shape index (κ1) is 23.4. The minimum atomic E-state index is -3.40. The van der Waals surface area contributed by atoms with E-state index in [-0.39, 0.29) is 34.8 Å². The standard InChI is InChI=1S/C24H24N4O5S/c1-5-32-24(29)19-14-21(28(26-19)20-12-7-6-11-18(20)15(2)3)22-25-23(33-27-22)16-9-8-10-17(13-16)34(4,30)31/h6-15H,5H2,1-4H3. The lowest BCUT2D eigenvalue weighted by Crippen LogP contribution is -2.08. The molecule has 0 aliphatic heterocycles. The Balaban J connectivity index is 1.84. The molecule has 0 aliphatic carbocycles. The van der Waals surface area contributed by atoms with E-state index in [1.165, 1.54) is 12.1 Å². The summed E-state index contributed by atoms with van der Waals surface area (Å²) in [5.41, 5.74) is 2.80. The Morgan fingerprint density at radius 3 is 2.59 bits per heavy atom. The number of benzene rings is 2. The monoisotopic (exact) mass is 480 g/mol. The van der Waals surface area contributed by atoms with Crippen LogP contribution in [0.3, 0.4) is 0 Å². The molecule has 2 aromatic carbocycles. The number of aromatic nitrogens is 4. The molecule has 0 unspecified atom stereocenters. The lowest BCUT2D eigenvalue weighted by Gasteiger charge is -2.13. The topological polar surface area (TPSA) is 117 Å². The maximum Gasteiger partial charge on any atom is 0.358 e. The van der Waals surface area contributed by atoms with Crippen LogP contribution in [0.5, 0.6) is 0 Å². The predicted octanol–water partition coefficient (Wildman–Crippen LogP) is 4.29. The third-order valence-electron chi connectivity index (χ3n) is 5.15. The number of ether oxygens (including phenoxy) is 1. The van der Waals surface area contributed by atoms with Gasteiger partial charge in [0.2, 0.25) is 5.82 Å². The molecule has 0 spiro atoms. The molecule has 0 fully saturated rings. The van der Waals surface area contributed by atoms with Crippen LogP contribution in [0, 0.1) is 0 Å². The molecule has 4 aromatic rings. The second-order valence-electron chi connectivity index (χ2n) is 7.98. The minimum Gasteiger partial charge on any atom is -0.461 e. The molecule has 0 N–H and O–H groups in total. The van der Waals surface area contributed by atoms with E-state index in [1.54, 1.807) is 29.8 Å². The van der Waals surface area contributed by atoms with Crippen LogP contribution in [0.15, 0.2) is 64.0 Å². The second-order valence-corrected chi connectivity index (χ2v) is 10.00. The van der Waals surface area contributed by atoms with Crippen LogP contribution < -0.4 is 0 Å². The Kier molecular flexibility index (Phi) is 6.34. The van der Waals surface area contributed by atoms with E-state index in [2.05, 4.69) is 29.1 Å². The highest BCUT2D eigenvalue weighted by atomic mass is 32.2. The van der Waals surface area contributed by atoms with Crippen molar-refractivity contribution in [2.24, 2.45) is 0 Å². The largest absolute Gasteiger partial charge is 0.461 e. The molecular formula is C24H24N4O5S. The Morgan fingerprint density at radius 1 is 1.12 bits per heavy atom. The molecule has 2 heterocycles. The van der Waals surface area contributed by atoms with Gasteiger partial charge in [-0.25, -0.2) is 17.9 Å². The molecule has 4 rings (SSSR count). The van der Waals surface area contributed by atoms with Gasteiger partial charge in [0.25, 0.3) is 5.89 Å². The predicted molar refractivity (Wildman–Crippen MR) is 125 cm³/mol. The van der Waals surface area contributed by atoms with Crippen LogP contribution in [-0.2, 0) is 14.6 Å². The summed E-state index contributed by atoms with van der Waals surface area (Å²) in [5.74, 6) is -0.0302. The first-order valence-corrected chi connectivity index (χ1v) is 12.6. The molecule has 0 radical (unpaired) electrons. The van der Waals surface area contributed by atoms with Crippen molar-refractivity contribution >= 4 is 15.8 Å². The molecular weight excluding hydrogens is 456 g/mol. The van der Waals surface area contributed by atoms with Gasteiger partial charge in [0.15, 0.2) is 15.5 Å². The summed E-state index contributed by atoms with van der Waals surface area (Å²) in [6, 6.07) is 15.5. The molecule has 0 aliphatic rings. The van der Waals surface area contributed by atoms with E-state index >= 15 is 0 Å². The number of esters is 1. The van der Waals surface area contributed by atoms with Gasteiger partial charge in [0, 0.05) is 17.9 Å². The van der Waals surface area contributed by atoms with E-state index in [0.717, 1.165) is 17.5 Å². The smallest absolute Gasteiger partial charge is 0.358 e. The molecule has 0 amide bonds. The van der Waals surface area contributed by atoms with E-state index < -0.39 is 15.8 Å². The van der Waals surface area contributed by atoms with Crippen LogP contribution >= 0.6 is 0 Å². The third-order valence-corrected chi connectivity index (χ3v) is 6.26. The molecule has 176 valence electrons. The fourth-order valence-electron chi connectivity index (χ4n) is 3.50. The van der Waals surface area contributed by atoms with Gasteiger partial charge in [-0.2, -0.15) is 10.1 Å². The van der Waals surface area contributed by atoms with Crippen LogP contribution in [0.25, 0.3) is 28.7 Å². The molecule has 34 heavy (non-hydrogen) atoms. The highest BCUT2D eigenvalue weighted by Crippen LogP contribution is 2.30. The number of sulfone groups is 1. The summed E-state index contributed by atoms with van der Waals surface area (Å²) in [5, 5.41) is 8.57. The zero-order valence-corrected chi connectivity index (χ0v) is 20.0. The van der Waals surface area contributed by atoms with E-state index in [0.29, 0.717) is 11.3 Å². The van der Waals surface area contributed by atoms with Crippen LogP contribution in [0.1, 0.15) is 42.7 Å². The number of hydrogen-bond donors (Lipinski definition) is 0. The Labute approximate surface area is 197 Å². The van der Waals surface area contributed by atoms with Gasteiger partial charge in [0.05, 0.1) is 17.2 Å². The van der Waals surface area contributed by atoms with Gasteiger partial charge < -0.3 is 9.26 Å². The van der Waals surface area contributed by atoms with Crippen molar-refractivity contribution in [1.82, 2.24) is 19.9 Å². The number of para-hydroxylation sites is 1. The van der Waals surface area contributed by atoms with Crippen molar-refractivity contribution in [2.45, 2.75) is 31.6 Å². The third kappa shape index (κ3) is 4.62. The number of carbonyl (C=O) groups excluding carboxylic acids is 1. The molecule has 0 bridgehead atoms. The summed E-state index contributed by atoms with van der Waals surface area (Å²) in [4.78, 5) is 17.0. The average Bonchev–Trinajstić information content (AvgIpc) is 3.46. The quantitative estimate of drug-likeness (QED) is 0.360. The van der Waals surface area contributed by atoms with E-state index in [4.69, 9.17) is 9.26 Å². The summed E-state index contributed by atoms with van der Waals surface area (Å²) in [7, 11) is -3.40. The fraction of sp³-hybridized carbons (Fsp3) is 0.250. The van der Waals surface area contributed by atoms with Crippen molar-refractivity contribution in [2.75, 3.05) is 12.9 Å². The number of nitrogens with zero attached hydrogens (tertiary/aromatic N) is 4. The van der Waals surface area contributed by atoms with Crippen LogP contribution in [-0.4, -0.2) is 47.2 Å². The summed E-state index contributed by atoms with van der Waals surface area (Å²) in [6.07, 6.45) is 1.13. The summed E-state index contributed by atoms with van der Waals surface area (Å²) in [6.45, 7) is 6.07. The highest BCUT2D eigenvalue weighted by molar-refractivity contribution is 7.90. The van der Waals surface area contributed by atoms with Crippen LogP contribution in [0.4, 0.5) is 0 Å². The first-order chi connectivity index (χ1) is 16.2. The van der Waals surface area contributed by atoms with E-state index in [9.17, 15) is 13.2 Å². The normalized spacial score (nSPS) is 11.7. The average molecular weight is 481 g/mol. The zero-order chi connectivity index (χ0) is 24.5. The van der Waals surface area contributed by atoms with Crippen LogP contribution in [0.2, 0.25) is 0 Å². The molecule has 0 saturated carbocycles. The Hall–Kier alpha value is -3.79. The minimum absolute atomic E-state index is 0.112.